The Balaban J connectivity index is 1.73. The summed E-state index contributed by atoms with van der Waals surface area (Å²) in [6, 6.07) is 15.8. The minimum atomic E-state index is -3.87. The molecule has 0 saturated heterocycles. The van der Waals surface area contributed by atoms with E-state index in [-0.39, 0.29) is 23.0 Å². The van der Waals surface area contributed by atoms with Gasteiger partial charge in [0.05, 0.1) is 25.4 Å². The van der Waals surface area contributed by atoms with Gasteiger partial charge in [0.1, 0.15) is 23.0 Å². The molecule has 0 heterocycles. The highest BCUT2D eigenvalue weighted by molar-refractivity contribution is 6.55. The van der Waals surface area contributed by atoms with E-state index in [1.807, 2.05) is 48.5 Å². The predicted molar refractivity (Wildman–Crippen MR) is 193 cm³/mol. The van der Waals surface area contributed by atoms with Crippen LogP contribution in [-0.4, -0.2) is 34.5 Å². The van der Waals surface area contributed by atoms with Gasteiger partial charge in [-0.2, -0.15) is 0 Å². The van der Waals surface area contributed by atoms with Gasteiger partial charge >= 0.3 is 9.05 Å². The molecular formula is C40H64O6Si. The van der Waals surface area contributed by atoms with E-state index in [1.165, 1.54) is 12.8 Å². The maximum absolute atomic E-state index is 7.32. The van der Waals surface area contributed by atoms with Gasteiger partial charge in [0.15, 0.2) is 0 Å². The van der Waals surface area contributed by atoms with Crippen LogP contribution in [0.3, 0.4) is 0 Å². The van der Waals surface area contributed by atoms with E-state index in [4.69, 9.17) is 27.2 Å². The largest absolute Gasteiger partial charge is 0.821 e. The first-order chi connectivity index (χ1) is 22.4. The Labute approximate surface area is 287 Å². The van der Waals surface area contributed by atoms with Gasteiger partial charge in [-0.15, -0.1) is 0 Å². The summed E-state index contributed by atoms with van der Waals surface area (Å²) in [6.07, 6.45) is 13.1. The quantitative estimate of drug-likeness (QED) is 0.131. The van der Waals surface area contributed by atoms with E-state index in [2.05, 4.69) is 55.4 Å². The third kappa shape index (κ3) is 11.4. The molecule has 2 aliphatic carbocycles. The van der Waals surface area contributed by atoms with Gasteiger partial charge in [-0.05, 0) is 110 Å². The fraction of sp³-hybridized carbons (Fsp3) is 0.700. The standard InChI is InChI=1S/C40H64O6Si/c1-9-11-29-41-31-21-25-33(26-22-31)43-47(45-37-19-15-13-17-35(37)39(3,4)5,46-38-20-16-14-18-36(38)40(6,7)8)44-34-27-23-32(24-28-34)42-30-12-10-2/h21-28,35-38H,9-20,29-30H2,1-8H3. The zero-order valence-electron chi connectivity index (χ0n) is 30.8. The Morgan fingerprint density at radius 2 is 0.872 bits per heavy atom. The van der Waals surface area contributed by atoms with E-state index >= 15 is 0 Å². The topological polar surface area (TPSA) is 55.4 Å². The number of benzene rings is 2. The Hall–Kier alpha value is -2.22. The SMILES string of the molecule is CCCCOc1ccc(O[Si](Oc2ccc(OCCCC)cc2)(OC2CCCCC2C(C)(C)C)OC2CCCCC2C(C)(C)C)cc1. The molecule has 2 fully saturated rings. The lowest BCUT2D eigenvalue weighted by Gasteiger charge is -2.45. The smallest absolute Gasteiger partial charge is 0.494 e. The molecule has 0 amide bonds. The molecule has 0 N–H and O–H groups in total. The van der Waals surface area contributed by atoms with Gasteiger partial charge in [0.25, 0.3) is 0 Å². The monoisotopic (exact) mass is 668 g/mol. The van der Waals surface area contributed by atoms with Crippen LogP contribution in [0, 0.1) is 22.7 Å². The van der Waals surface area contributed by atoms with E-state index in [0.717, 1.165) is 75.7 Å². The highest BCUT2D eigenvalue weighted by Crippen LogP contribution is 2.44. The Kier molecular flexibility index (Phi) is 13.9. The zero-order valence-corrected chi connectivity index (χ0v) is 31.8. The van der Waals surface area contributed by atoms with Crippen LogP contribution in [0.15, 0.2) is 48.5 Å². The molecule has 0 bridgehead atoms. The summed E-state index contributed by atoms with van der Waals surface area (Å²) in [5.74, 6) is 3.74. The van der Waals surface area contributed by atoms with Crippen LogP contribution in [-0.2, 0) is 8.85 Å². The van der Waals surface area contributed by atoms with Crippen LogP contribution in [0.25, 0.3) is 0 Å². The van der Waals surface area contributed by atoms with Crippen LogP contribution < -0.4 is 18.3 Å². The highest BCUT2D eigenvalue weighted by Gasteiger charge is 2.58. The van der Waals surface area contributed by atoms with Gasteiger partial charge in [-0.3, -0.25) is 0 Å². The third-order valence-electron chi connectivity index (χ3n) is 9.89. The molecule has 2 saturated carbocycles. The Morgan fingerprint density at radius 1 is 0.532 bits per heavy atom. The first-order valence-electron chi connectivity index (χ1n) is 18.6. The maximum Gasteiger partial charge on any atom is 0.821 e. The molecule has 4 unspecified atom stereocenters. The van der Waals surface area contributed by atoms with Crippen molar-refractivity contribution in [1.82, 2.24) is 0 Å². The molecule has 0 radical (unpaired) electrons. The molecule has 2 aromatic carbocycles. The van der Waals surface area contributed by atoms with Crippen LogP contribution in [0.4, 0.5) is 0 Å². The van der Waals surface area contributed by atoms with Crippen molar-refractivity contribution >= 4 is 9.05 Å². The van der Waals surface area contributed by atoms with Crippen molar-refractivity contribution in [1.29, 1.82) is 0 Å². The van der Waals surface area contributed by atoms with Crippen molar-refractivity contribution in [2.45, 2.75) is 145 Å². The summed E-state index contributed by atoms with van der Waals surface area (Å²) in [7, 11) is -3.87. The van der Waals surface area contributed by atoms with Crippen LogP contribution in [0.5, 0.6) is 23.0 Å². The van der Waals surface area contributed by atoms with Crippen molar-refractivity contribution in [3.8, 4) is 23.0 Å². The van der Waals surface area contributed by atoms with Crippen molar-refractivity contribution in [2.75, 3.05) is 13.2 Å². The van der Waals surface area contributed by atoms with E-state index in [1.54, 1.807) is 0 Å². The Bertz CT molecular complexity index is 1080. The van der Waals surface area contributed by atoms with E-state index in [0.29, 0.717) is 36.5 Å². The summed E-state index contributed by atoms with van der Waals surface area (Å²) in [6.45, 7) is 19.7. The van der Waals surface area contributed by atoms with Crippen molar-refractivity contribution < 1.29 is 27.2 Å². The average Bonchev–Trinajstić information content (AvgIpc) is 3.02. The lowest BCUT2D eigenvalue weighted by atomic mass is 9.71. The van der Waals surface area contributed by atoms with Crippen molar-refractivity contribution in [3.63, 3.8) is 0 Å². The number of hydrogen-bond donors (Lipinski definition) is 0. The van der Waals surface area contributed by atoms with Crippen LogP contribution >= 0.6 is 0 Å². The average molecular weight is 669 g/mol. The number of hydrogen-bond acceptors (Lipinski definition) is 6. The molecule has 2 aromatic rings. The third-order valence-corrected chi connectivity index (χ3v) is 12.0. The molecule has 0 spiro atoms. The lowest BCUT2D eigenvalue weighted by Crippen LogP contribution is -2.61. The maximum atomic E-state index is 7.32. The summed E-state index contributed by atoms with van der Waals surface area (Å²) in [5, 5.41) is 0. The number of unbranched alkanes of at least 4 members (excludes halogenated alkanes) is 2. The fourth-order valence-electron chi connectivity index (χ4n) is 7.14. The normalized spacial score (nSPS) is 22.5. The van der Waals surface area contributed by atoms with Gasteiger partial charge in [-0.1, -0.05) is 93.9 Å². The molecule has 0 aromatic heterocycles. The predicted octanol–water partition coefficient (Wildman–Crippen LogP) is 11.2. The summed E-state index contributed by atoms with van der Waals surface area (Å²) in [4.78, 5) is 0. The minimum absolute atomic E-state index is 0.0274. The number of rotatable bonds is 16. The van der Waals surface area contributed by atoms with E-state index in [9.17, 15) is 0 Å². The summed E-state index contributed by atoms with van der Waals surface area (Å²) in [5.41, 5.74) is 0.165. The molecule has 4 atom stereocenters. The van der Waals surface area contributed by atoms with Crippen LogP contribution in [0.1, 0.15) is 132 Å². The summed E-state index contributed by atoms with van der Waals surface area (Å²) >= 11 is 0. The van der Waals surface area contributed by atoms with Crippen LogP contribution in [0.2, 0.25) is 0 Å². The van der Waals surface area contributed by atoms with Gasteiger partial charge in [0, 0.05) is 0 Å². The second kappa shape index (κ2) is 17.4. The Morgan fingerprint density at radius 3 is 1.21 bits per heavy atom. The number of ether oxygens (including phenoxy) is 2. The van der Waals surface area contributed by atoms with Gasteiger partial charge in [-0.25, -0.2) is 0 Å². The molecule has 6 nitrogen and oxygen atoms in total. The van der Waals surface area contributed by atoms with Gasteiger partial charge in [0.2, 0.25) is 0 Å². The second-order valence-electron chi connectivity index (χ2n) is 15.9. The molecule has 47 heavy (non-hydrogen) atoms. The molecule has 2 aliphatic rings. The zero-order chi connectivity index (χ0) is 33.9. The fourth-order valence-corrected chi connectivity index (χ4v) is 9.58. The molecule has 7 heteroatoms. The molecule has 4 rings (SSSR count). The van der Waals surface area contributed by atoms with Gasteiger partial charge < -0.3 is 27.2 Å². The lowest BCUT2D eigenvalue weighted by molar-refractivity contribution is -0.0880. The summed E-state index contributed by atoms with van der Waals surface area (Å²) < 4.78 is 40.6. The molecular weight excluding hydrogens is 605 g/mol. The highest BCUT2D eigenvalue weighted by atomic mass is 28.4. The molecule has 264 valence electrons. The molecule has 0 aliphatic heterocycles. The second-order valence-corrected chi connectivity index (χ2v) is 17.8. The first kappa shape index (κ1) is 37.6. The van der Waals surface area contributed by atoms with E-state index < -0.39 is 9.05 Å². The van der Waals surface area contributed by atoms with Crippen molar-refractivity contribution in [2.24, 2.45) is 22.7 Å². The first-order valence-corrected chi connectivity index (χ1v) is 20.2. The van der Waals surface area contributed by atoms with Crippen molar-refractivity contribution in [3.05, 3.63) is 48.5 Å². The minimum Gasteiger partial charge on any atom is -0.494 e.